The van der Waals surface area contributed by atoms with Gasteiger partial charge in [0.05, 0.1) is 0 Å². The molecule has 1 saturated heterocycles. The number of hydrogen-bond donors (Lipinski definition) is 1. The summed E-state index contributed by atoms with van der Waals surface area (Å²) in [6, 6.07) is 20.8. The smallest absolute Gasteiger partial charge is 0.105 e. The minimum Gasteiger partial charge on any atom is -0.364 e. The molecule has 0 aromatic heterocycles. The lowest BCUT2D eigenvalue weighted by Crippen LogP contribution is -2.27. The van der Waals surface area contributed by atoms with Gasteiger partial charge in [0.25, 0.3) is 0 Å². The largest absolute Gasteiger partial charge is 0.364 e. The summed E-state index contributed by atoms with van der Waals surface area (Å²) in [6.45, 7) is 0.862. The van der Waals surface area contributed by atoms with Gasteiger partial charge in [0.1, 0.15) is 6.23 Å². The van der Waals surface area contributed by atoms with Crippen LogP contribution in [0.3, 0.4) is 0 Å². The normalized spacial score (nSPS) is 18.3. The topological polar surface area (TPSA) is 35.2 Å². The Morgan fingerprint density at radius 1 is 0.789 bits per heavy atom. The highest BCUT2D eigenvalue weighted by atomic mass is 16.5. The van der Waals surface area contributed by atoms with Crippen LogP contribution in [0.25, 0.3) is 11.1 Å². The average molecular weight is 255 g/mol. The van der Waals surface area contributed by atoms with Crippen molar-refractivity contribution < 1.29 is 4.74 Å². The number of hydrogen-bond acceptors (Lipinski definition) is 2. The number of rotatable bonds is 1. The maximum Gasteiger partial charge on any atom is 0.105 e. The fraction of sp³-hybridized carbons (Fsp3) is 0.294. The third-order valence-corrected chi connectivity index (χ3v) is 3.10. The van der Waals surface area contributed by atoms with Crippen LogP contribution in [0.4, 0.5) is 0 Å². The second-order valence-electron chi connectivity index (χ2n) is 4.64. The van der Waals surface area contributed by atoms with Crippen LogP contribution in [-0.2, 0) is 4.74 Å². The van der Waals surface area contributed by atoms with Crippen molar-refractivity contribution in [3.8, 4) is 11.1 Å². The average Bonchev–Trinajstić information content (AvgIpc) is 2.51. The van der Waals surface area contributed by atoms with Gasteiger partial charge >= 0.3 is 0 Å². The third kappa shape index (κ3) is 4.86. The summed E-state index contributed by atoms with van der Waals surface area (Å²) in [4.78, 5) is 0. The van der Waals surface area contributed by atoms with Crippen LogP contribution in [0.2, 0.25) is 0 Å². The molecule has 1 heterocycles. The molecule has 2 aromatic rings. The summed E-state index contributed by atoms with van der Waals surface area (Å²) in [5.41, 5.74) is 7.96. The highest BCUT2D eigenvalue weighted by Crippen LogP contribution is 2.17. The van der Waals surface area contributed by atoms with E-state index in [0.717, 1.165) is 13.0 Å². The Kier molecular flexibility index (Phi) is 5.60. The highest BCUT2D eigenvalue weighted by Gasteiger charge is 2.06. The number of benzene rings is 2. The summed E-state index contributed by atoms with van der Waals surface area (Å²) >= 11 is 0. The van der Waals surface area contributed by atoms with Crippen molar-refractivity contribution >= 4 is 0 Å². The molecule has 2 heteroatoms. The molecular weight excluding hydrogens is 234 g/mol. The first kappa shape index (κ1) is 13.8. The zero-order chi connectivity index (χ0) is 13.3. The fourth-order valence-electron chi connectivity index (χ4n) is 2.03. The predicted octanol–water partition coefficient (Wildman–Crippen LogP) is 3.83. The summed E-state index contributed by atoms with van der Waals surface area (Å²) in [5, 5.41) is 0. The zero-order valence-electron chi connectivity index (χ0n) is 11.2. The number of nitrogens with two attached hydrogens (primary N) is 1. The lowest BCUT2D eigenvalue weighted by molar-refractivity contribution is 0.0206. The van der Waals surface area contributed by atoms with E-state index in [1.54, 1.807) is 0 Å². The van der Waals surface area contributed by atoms with Gasteiger partial charge < -0.3 is 10.5 Å². The third-order valence-electron chi connectivity index (χ3n) is 3.10. The SMILES string of the molecule is NC1CCCCO1.c1ccc(-c2ccccc2)cc1. The molecule has 0 spiro atoms. The van der Waals surface area contributed by atoms with Crippen LogP contribution in [0.5, 0.6) is 0 Å². The molecular formula is C17H21NO. The molecule has 1 atom stereocenters. The van der Waals surface area contributed by atoms with Crippen LogP contribution in [0.15, 0.2) is 60.7 Å². The van der Waals surface area contributed by atoms with Crippen LogP contribution in [0, 0.1) is 0 Å². The molecule has 0 amide bonds. The van der Waals surface area contributed by atoms with E-state index < -0.39 is 0 Å². The van der Waals surface area contributed by atoms with E-state index in [9.17, 15) is 0 Å². The Morgan fingerprint density at radius 3 is 1.63 bits per heavy atom. The Balaban J connectivity index is 0.000000163. The maximum absolute atomic E-state index is 5.41. The van der Waals surface area contributed by atoms with Crippen molar-refractivity contribution in [2.24, 2.45) is 5.73 Å². The van der Waals surface area contributed by atoms with E-state index in [4.69, 9.17) is 10.5 Å². The number of ether oxygens (including phenoxy) is 1. The van der Waals surface area contributed by atoms with Gasteiger partial charge in [0, 0.05) is 6.61 Å². The second kappa shape index (κ2) is 7.72. The Hall–Kier alpha value is -1.64. The summed E-state index contributed by atoms with van der Waals surface area (Å²) in [7, 11) is 0. The van der Waals surface area contributed by atoms with Crippen LogP contribution < -0.4 is 5.73 Å². The molecule has 1 fully saturated rings. The van der Waals surface area contributed by atoms with Crippen molar-refractivity contribution in [3.63, 3.8) is 0 Å². The van der Waals surface area contributed by atoms with E-state index in [1.165, 1.54) is 24.0 Å². The van der Waals surface area contributed by atoms with Gasteiger partial charge in [-0.05, 0) is 30.4 Å². The zero-order valence-corrected chi connectivity index (χ0v) is 11.2. The molecule has 2 nitrogen and oxygen atoms in total. The van der Waals surface area contributed by atoms with Crippen LogP contribution in [-0.4, -0.2) is 12.8 Å². The maximum atomic E-state index is 5.41. The van der Waals surface area contributed by atoms with E-state index in [0.29, 0.717) is 0 Å². The van der Waals surface area contributed by atoms with Gasteiger partial charge in [0.2, 0.25) is 0 Å². The fourth-order valence-corrected chi connectivity index (χ4v) is 2.03. The van der Waals surface area contributed by atoms with Crippen molar-refractivity contribution in [1.82, 2.24) is 0 Å². The van der Waals surface area contributed by atoms with Gasteiger partial charge in [-0.15, -0.1) is 0 Å². The molecule has 3 rings (SSSR count). The molecule has 19 heavy (non-hydrogen) atoms. The monoisotopic (exact) mass is 255 g/mol. The molecule has 1 unspecified atom stereocenters. The first-order valence-electron chi connectivity index (χ1n) is 6.84. The van der Waals surface area contributed by atoms with E-state index in [-0.39, 0.29) is 6.23 Å². The summed E-state index contributed by atoms with van der Waals surface area (Å²) in [6.07, 6.45) is 3.50. The van der Waals surface area contributed by atoms with Crippen molar-refractivity contribution in [3.05, 3.63) is 60.7 Å². The van der Waals surface area contributed by atoms with Gasteiger partial charge in [0.15, 0.2) is 0 Å². The molecule has 1 aliphatic rings. The van der Waals surface area contributed by atoms with Crippen molar-refractivity contribution in [2.45, 2.75) is 25.5 Å². The summed E-state index contributed by atoms with van der Waals surface area (Å²) in [5.74, 6) is 0. The lowest BCUT2D eigenvalue weighted by Gasteiger charge is -2.17. The van der Waals surface area contributed by atoms with E-state index >= 15 is 0 Å². The Labute approximate surface area is 115 Å². The first-order valence-corrected chi connectivity index (χ1v) is 6.84. The van der Waals surface area contributed by atoms with Gasteiger partial charge in [-0.2, -0.15) is 0 Å². The Morgan fingerprint density at radius 2 is 1.32 bits per heavy atom. The van der Waals surface area contributed by atoms with Crippen LogP contribution >= 0.6 is 0 Å². The first-order chi connectivity index (χ1) is 9.36. The molecule has 2 N–H and O–H groups in total. The molecule has 1 aliphatic heterocycles. The van der Waals surface area contributed by atoms with Gasteiger partial charge in [-0.1, -0.05) is 60.7 Å². The molecule has 0 saturated carbocycles. The van der Waals surface area contributed by atoms with Crippen LogP contribution in [0.1, 0.15) is 19.3 Å². The molecule has 100 valence electrons. The molecule has 2 aromatic carbocycles. The quantitative estimate of drug-likeness (QED) is 0.840. The molecule has 0 bridgehead atoms. The summed E-state index contributed by atoms with van der Waals surface area (Å²) < 4.78 is 5.06. The van der Waals surface area contributed by atoms with Crippen molar-refractivity contribution in [1.29, 1.82) is 0 Å². The molecule has 0 radical (unpaired) electrons. The van der Waals surface area contributed by atoms with E-state index in [2.05, 4.69) is 48.5 Å². The second-order valence-corrected chi connectivity index (χ2v) is 4.64. The van der Waals surface area contributed by atoms with E-state index in [1.807, 2.05) is 12.1 Å². The van der Waals surface area contributed by atoms with Gasteiger partial charge in [-0.25, -0.2) is 0 Å². The minimum absolute atomic E-state index is 0.0359. The standard InChI is InChI=1S/C12H10.C5H11NO/c1-3-7-11(8-4-1)12-9-5-2-6-10-12;6-5-3-1-2-4-7-5/h1-10H;5H,1-4,6H2. The highest BCUT2D eigenvalue weighted by molar-refractivity contribution is 5.62. The van der Waals surface area contributed by atoms with Crippen molar-refractivity contribution in [2.75, 3.05) is 6.61 Å². The lowest BCUT2D eigenvalue weighted by atomic mass is 10.1. The Bertz CT molecular complexity index is 412. The molecule has 0 aliphatic carbocycles. The predicted molar refractivity (Wildman–Crippen MR) is 79.7 cm³/mol. The van der Waals surface area contributed by atoms with Gasteiger partial charge in [-0.3, -0.25) is 0 Å². The minimum atomic E-state index is 0.0359.